The Kier molecular flexibility index (Phi) is 18.5. The van der Waals surface area contributed by atoms with Gasteiger partial charge < -0.3 is 30.5 Å². The Bertz CT molecular complexity index is 2380. The van der Waals surface area contributed by atoms with Crippen molar-refractivity contribution in [2.75, 3.05) is 26.7 Å². The normalized spacial score (nSPS) is 16.5. The number of ether oxygens (including phenoxy) is 1. The van der Waals surface area contributed by atoms with Gasteiger partial charge in [-0.05, 0) is 89.1 Å². The van der Waals surface area contributed by atoms with Crippen LogP contribution in [0.25, 0.3) is 21.6 Å². The standard InChI is InChI=1S/C55H69N5O6S/c1-7-46(40-18-12-10-13-19-40)50(41-20-14-11-15-21-41)42-28-30-45(31-29-42)66-33-32-59(6)49(63)23-17-9-8-16-22-48(62)58-52(55(3,4)5)54(65)60-36-44(61)34-47(60)53(64)56-35-39-24-26-43(27-25-39)51-38(2)57-37-67-51/h10-15,18-21,24-31,37,44,47,52,54,61,65H,7-9,16-17,22-23,32-36H2,1-6H3,(H,56,64)(H,58,62)/b50-46-/t44-,47+,52-,54?/m1/s1. The average Bonchev–Trinajstić information content (AvgIpc) is 3.95. The first kappa shape index (κ1) is 50.7. The highest BCUT2D eigenvalue weighted by Crippen LogP contribution is 2.35. The lowest BCUT2D eigenvalue weighted by Crippen LogP contribution is -2.60. The summed E-state index contributed by atoms with van der Waals surface area (Å²) in [6, 6.07) is 35.7. The molecule has 0 spiro atoms. The molecular weight excluding hydrogens is 859 g/mol. The molecule has 6 rings (SSSR count). The van der Waals surface area contributed by atoms with E-state index in [-0.39, 0.29) is 37.1 Å². The summed E-state index contributed by atoms with van der Waals surface area (Å²) in [6.45, 7) is 11.2. The molecule has 1 aliphatic heterocycles. The molecule has 1 aromatic heterocycles. The number of likely N-dealkylation sites (N-methyl/N-ethyl adjacent to an activating group) is 1. The number of carbonyl (C=O) groups is 3. The maximum Gasteiger partial charge on any atom is 0.237 e. The van der Waals surface area contributed by atoms with Crippen LogP contribution in [0.4, 0.5) is 0 Å². The average molecular weight is 928 g/mol. The van der Waals surface area contributed by atoms with E-state index in [1.807, 2.05) is 81.7 Å². The van der Waals surface area contributed by atoms with Gasteiger partial charge in [-0.2, -0.15) is 0 Å². The molecule has 12 heteroatoms. The molecule has 67 heavy (non-hydrogen) atoms. The lowest BCUT2D eigenvalue weighted by atomic mass is 9.84. The minimum atomic E-state index is -1.19. The zero-order valence-corrected chi connectivity index (χ0v) is 40.9. The third-order valence-corrected chi connectivity index (χ3v) is 13.6. The number of thiazole rings is 1. The van der Waals surface area contributed by atoms with Crippen molar-refractivity contribution < 1.29 is 29.3 Å². The molecule has 1 unspecified atom stereocenters. The van der Waals surface area contributed by atoms with E-state index in [1.165, 1.54) is 22.3 Å². The lowest BCUT2D eigenvalue weighted by molar-refractivity contribution is -0.135. The van der Waals surface area contributed by atoms with Crippen molar-refractivity contribution in [2.24, 2.45) is 5.41 Å². The van der Waals surface area contributed by atoms with E-state index in [1.54, 1.807) is 28.2 Å². The van der Waals surface area contributed by atoms with Gasteiger partial charge in [-0.3, -0.25) is 19.3 Å². The van der Waals surface area contributed by atoms with Crippen LogP contribution in [0.1, 0.15) is 107 Å². The van der Waals surface area contributed by atoms with Crippen molar-refractivity contribution in [1.29, 1.82) is 0 Å². The number of carbonyl (C=O) groups excluding carboxylic acids is 3. The zero-order chi connectivity index (χ0) is 47.9. The summed E-state index contributed by atoms with van der Waals surface area (Å²) in [7, 11) is 1.80. The van der Waals surface area contributed by atoms with Crippen molar-refractivity contribution in [3.8, 4) is 16.2 Å². The number of nitrogens with zero attached hydrogens (tertiary/aromatic N) is 3. The monoisotopic (exact) mass is 927 g/mol. The number of β-amino-alcohol motifs (C(OH)–C–C–N with tert-alkyl or cyclic N) is 1. The second-order valence-electron chi connectivity index (χ2n) is 18.7. The number of likely N-dealkylation sites (tertiary alicyclic amines) is 1. The SMILES string of the molecule is CC/C(=C(\c1ccccc1)c1ccc(OCCN(C)C(=O)CCCCCCC(=O)N[C@H](C(O)N2C[C@H](O)C[C@H]2C(=O)NCc2ccc(-c3scnc3C)cc2)C(C)(C)C)cc1)c1ccccc1. The van der Waals surface area contributed by atoms with Gasteiger partial charge in [0.05, 0.1) is 40.8 Å². The van der Waals surface area contributed by atoms with Crippen molar-refractivity contribution in [3.63, 3.8) is 0 Å². The van der Waals surface area contributed by atoms with Crippen molar-refractivity contribution in [3.05, 3.63) is 143 Å². The number of hydrogen-bond donors (Lipinski definition) is 4. The molecular formula is C55H69N5O6S. The van der Waals surface area contributed by atoms with Crippen LogP contribution in [0.3, 0.4) is 0 Å². The number of nitrogens with one attached hydrogen (secondary N) is 2. The van der Waals surface area contributed by atoms with Crippen molar-refractivity contribution >= 4 is 40.2 Å². The quantitative estimate of drug-likeness (QED) is 0.0398. The summed E-state index contributed by atoms with van der Waals surface area (Å²) >= 11 is 1.59. The van der Waals surface area contributed by atoms with Crippen LogP contribution in [0, 0.1) is 12.3 Å². The summed E-state index contributed by atoms with van der Waals surface area (Å²) < 4.78 is 6.07. The molecule has 0 saturated carbocycles. The first-order valence-corrected chi connectivity index (χ1v) is 24.6. The topological polar surface area (TPSA) is 144 Å². The first-order chi connectivity index (χ1) is 32.2. The zero-order valence-electron chi connectivity index (χ0n) is 40.0. The molecule has 5 aromatic rings. The molecule has 4 atom stereocenters. The summed E-state index contributed by atoms with van der Waals surface area (Å²) in [4.78, 5) is 48.5. The number of aromatic nitrogens is 1. The van der Waals surface area contributed by atoms with Gasteiger partial charge in [0.1, 0.15) is 18.6 Å². The molecule has 0 bridgehead atoms. The second-order valence-corrected chi connectivity index (χ2v) is 19.5. The number of aliphatic hydroxyl groups excluding tert-OH is 2. The van der Waals surface area contributed by atoms with Crippen molar-refractivity contribution in [1.82, 2.24) is 25.4 Å². The molecule has 0 aliphatic carbocycles. The Hall–Kier alpha value is -5.66. The molecule has 0 radical (unpaired) electrons. The third kappa shape index (κ3) is 14.2. The first-order valence-electron chi connectivity index (χ1n) is 23.7. The molecule has 1 saturated heterocycles. The summed E-state index contributed by atoms with van der Waals surface area (Å²) in [5.74, 6) is 0.334. The fourth-order valence-electron chi connectivity index (χ4n) is 8.76. The van der Waals surface area contributed by atoms with Crippen LogP contribution in [0.2, 0.25) is 0 Å². The number of aliphatic hydroxyl groups is 2. The number of hydrogen-bond acceptors (Lipinski definition) is 9. The molecule has 4 N–H and O–H groups in total. The van der Waals surface area contributed by atoms with Gasteiger partial charge in [-0.25, -0.2) is 4.98 Å². The molecule has 356 valence electrons. The number of amides is 3. The van der Waals surface area contributed by atoms with E-state index in [0.717, 1.165) is 58.7 Å². The maximum absolute atomic E-state index is 13.5. The van der Waals surface area contributed by atoms with Gasteiger partial charge in [0.25, 0.3) is 0 Å². The second kappa shape index (κ2) is 24.4. The smallest absolute Gasteiger partial charge is 0.237 e. The Balaban J connectivity index is 0.899. The van der Waals surface area contributed by atoms with Gasteiger partial charge in [0.15, 0.2) is 0 Å². The molecule has 1 aliphatic rings. The summed E-state index contributed by atoms with van der Waals surface area (Å²) in [6.07, 6.45) is 2.73. The van der Waals surface area contributed by atoms with Crippen LogP contribution in [-0.4, -0.2) is 93.9 Å². The van der Waals surface area contributed by atoms with E-state index < -0.39 is 29.8 Å². The largest absolute Gasteiger partial charge is 0.492 e. The summed E-state index contributed by atoms with van der Waals surface area (Å²) in [5.41, 5.74) is 10.2. The van der Waals surface area contributed by atoms with Gasteiger partial charge in [-0.15, -0.1) is 11.3 Å². The lowest BCUT2D eigenvalue weighted by Gasteiger charge is -2.40. The highest BCUT2D eigenvalue weighted by molar-refractivity contribution is 7.13. The Labute approximate surface area is 401 Å². The van der Waals surface area contributed by atoms with Gasteiger partial charge in [0.2, 0.25) is 17.7 Å². The number of benzene rings is 4. The number of rotatable bonds is 22. The Morgan fingerprint density at radius 3 is 2.10 bits per heavy atom. The number of unbranched alkanes of at least 4 members (excludes halogenated alkanes) is 3. The fourth-order valence-corrected chi connectivity index (χ4v) is 9.57. The van der Waals surface area contributed by atoms with Crippen molar-refractivity contribution in [2.45, 2.75) is 117 Å². The predicted octanol–water partition coefficient (Wildman–Crippen LogP) is 9.27. The van der Waals surface area contributed by atoms with E-state index in [0.29, 0.717) is 32.5 Å². The molecule has 1 fully saturated rings. The van der Waals surface area contributed by atoms with Crippen LogP contribution >= 0.6 is 11.3 Å². The van der Waals surface area contributed by atoms with Gasteiger partial charge in [0, 0.05) is 33.0 Å². The minimum Gasteiger partial charge on any atom is -0.492 e. The van der Waals surface area contributed by atoms with E-state index in [9.17, 15) is 24.6 Å². The van der Waals surface area contributed by atoms with Gasteiger partial charge in [-0.1, -0.05) is 138 Å². The summed E-state index contributed by atoms with van der Waals surface area (Å²) in [5, 5.41) is 28.4. The van der Waals surface area contributed by atoms with E-state index >= 15 is 0 Å². The molecule has 4 aromatic carbocycles. The number of aryl methyl sites for hydroxylation is 1. The van der Waals surface area contributed by atoms with E-state index in [4.69, 9.17) is 4.74 Å². The van der Waals surface area contributed by atoms with Crippen LogP contribution in [0.5, 0.6) is 5.75 Å². The minimum absolute atomic E-state index is 0.0554. The van der Waals surface area contributed by atoms with Crippen LogP contribution < -0.4 is 15.4 Å². The highest BCUT2D eigenvalue weighted by Gasteiger charge is 2.45. The van der Waals surface area contributed by atoms with Gasteiger partial charge >= 0.3 is 0 Å². The maximum atomic E-state index is 13.5. The van der Waals surface area contributed by atoms with Crippen LogP contribution in [-0.2, 0) is 20.9 Å². The Morgan fingerprint density at radius 2 is 1.49 bits per heavy atom. The molecule has 3 amide bonds. The fraction of sp³-hybridized carbons (Fsp3) is 0.418. The third-order valence-electron chi connectivity index (χ3n) is 12.6. The molecule has 2 heterocycles. The number of allylic oxidation sites excluding steroid dienone is 1. The highest BCUT2D eigenvalue weighted by atomic mass is 32.1. The predicted molar refractivity (Wildman–Crippen MR) is 269 cm³/mol. The Morgan fingerprint density at radius 1 is 0.866 bits per heavy atom. The molecule has 11 nitrogen and oxygen atoms in total. The van der Waals surface area contributed by atoms with E-state index in [2.05, 4.69) is 83.2 Å². The van der Waals surface area contributed by atoms with Crippen LogP contribution in [0.15, 0.2) is 115 Å².